The Morgan fingerprint density at radius 3 is 2.38 bits per heavy atom. The first-order valence-electron chi connectivity index (χ1n) is 6.93. The van der Waals surface area contributed by atoms with Crippen LogP contribution in [0.1, 0.15) is 42.5 Å². The fourth-order valence-electron chi connectivity index (χ4n) is 2.89. The van der Waals surface area contributed by atoms with E-state index < -0.39 is 10.0 Å². The predicted octanol–water partition coefficient (Wildman–Crippen LogP) is 2.60. The van der Waals surface area contributed by atoms with Gasteiger partial charge in [-0.25, -0.2) is 8.42 Å². The normalized spacial score (nSPS) is 16.8. The molecule has 0 radical (unpaired) electrons. The van der Waals surface area contributed by atoms with Gasteiger partial charge in [-0.2, -0.15) is 0 Å². The quantitative estimate of drug-likeness (QED) is 0.665. The van der Waals surface area contributed by atoms with E-state index in [1.165, 1.54) is 0 Å². The van der Waals surface area contributed by atoms with Crippen LogP contribution >= 0.6 is 0 Å². The predicted molar refractivity (Wildman–Crippen MR) is 82.8 cm³/mol. The minimum atomic E-state index is -3.71. The molecule has 0 saturated carbocycles. The molecule has 0 aliphatic carbocycles. The molecule has 0 spiro atoms. The molecule has 0 atom stereocenters. The molecule has 116 valence electrons. The Kier molecular flexibility index (Phi) is 3.78. The van der Waals surface area contributed by atoms with Gasteiger partial charge in [0.25, 0.3) is 10.0 Å². The number of nitrogens with one attached hydrogen (secondary N) is 2. The Bertz CT molecular complexity index is 706. The van der Waals surface area contributed by atoms with Crippen molar-refractivity contribution in [3.8, 4) is 5.75 Å². The SMILES string of the molecule is Cc1c(C)c(S(=O)(=O)NC=N)c(C)c2c1OC(C)(C)CC2. The van der Waals surface area contributed by atoms with Crippen LogP contribution in [0.3, 0.4) is 0 Å². The number of hydrogen-bond donors (Lipinski definition) is 2. The third-order valence-corrected chi connectivity index (χ3v) is 5.73. The summed E-state index contributed by atoms with van der Waals surface area (Å²) in [6.45, 7) is 9.57. The lowest BCUT2D eigenvalue weighted by molar-refractivity contribution is 0.0832. The zero-order chi connectivity index (χ0) is 16.0. The maximum atomic E-state index is 12.3. The minimum absolute atomic E-state index is 0.232. The van der Waals surface area contributed by atoms with E-state index in [0.717, 1.165) is 35.3 Å². The third-order valence-electron chi connectivity index (χ3n) is 4.15. The second-order valence-corrected chi connectivity index (χ2v) is 7.79. The molecule has 0 bridgehead atoms. The lowest BCUT2D eigenvalue weighted by Crippen LogP contribution is -2.34. The molecular formula is C15H22N2O3S. The Hall–Kier alpha value is -1.56. The molecule has 21 heavy (non-hydrogen) atoms. The summed E-state index contributed by atoms with van der Waals surface area (Å²) < 4.78 is 32.9. The van der Waals surface area contributed by atoms with E-state index >= 15 is 0 Å². The lowest BCUT2D eigenvalue weighted by Gasteiger charge is -2.35. The van der Waals surface area contributed by atoms with Crippen LogP contribution in [-0.4, -0.2) is 20.4 Å². The van der Waals surface area contributed by atoms with Crippen LogP contribution in [0, 0.1) is 26.2 Å². The first-order chi connectivity index (χ1) is 9.60. The highest BCUT2D eigenvalue weighted by Crippen LogP contribution is 2.41. The number of fused-ring (bicyclic) bond motifs is 1. The molecule has 1 aliphatic rings. The van der Waals surface area contributed by atoms with Gasteiger partial charge in [0.15, 0.2) is 0 Å². The molecule has 2 N–H and O–H groups in total. The van der Waals surface area contributed by atoms with Crippen LogP contribution in [0.15, 0.2) is 4.90 Å². The Morgan fingerprint density at radius 2 is 1.81 bits per heavy atom. The molecule has 0 aromatic heterocycles. The van der Waals surface area contributed by atoms with Gasteiger partial charge in [0.05, 0.1) is 11.2 Å². The van der Waals surface area contributed by atoms with Crippen molar-refractivity contribution in [3.05, 3.63) is 22.3 Å². The zero-order valence-electron chi connectivity index (χ0n) is 13.1. The van der Waals surface area contributed by atoms with Gasteiger partial charge >= 0.3 is 0 Å². The van der Waals surface area contributed by atoms with Gasteiger partial charge in [-0.15, -0.1) is 0 Å². The van der Waals surface area contributed by atoms with Crippen molar-refractivity contribution in [2.45, 2.75) is 58.0 Å². The molecule has 1 aliphatic heterocycles. The van der Waals surface area contributed by atoms with Crippen LogP contribution in [0.5, 0.6) is 5.75 Å². The summed E-state index contributed by atoms with van der Waals surface area (Å²) in [7, 11) is -3.71. The van der Waals surface area contributed by atoms with Crippen molar-refractivity contribution >= 4 is 16.4 Å². The van der Waals surface area contributed by atoms with Crippen molar-refractivity contribution in [1.29, 1.82) is 5.41 Å². The molecule has 2 rings (SSSR count). The van der Waals surface area contributed by atoms with E-state index in [-0.39, 0.29) is 10.5 Å². The molecule has 0 saturated heterocycles. The molecule has 6 heteroatoms. The van der Waals surface area contributed by atoms with E-state index in [2.05, 4.69) is 4.72 Å². The Balaban J connectivity index is 2.74. The highest BCUT2D eigenvalue weighted by molar-refractivity contribution is 7.90. The van der Waals surface area contributed by atoms with Gasteiger partial charge in [-0.05, 0) is 69.7 Å². The van der Waals surface area contributed by atoms with Crippen LogP contribution in [0.4, 0.5) is 0 Å². The average molecular weight is 310 g/mol. The molecular weight excluding hydrogens is 288 g/mol. The number of hydrogen-bond acceptors (Lipinski definition) is 4. The molecule has 0 fully saturated rings. The summed E-state index contributed by atoms with van der Waals surface area (Å²) in [6, 6.07) is 0. The molecule has 1 aromatic rings. The third kappa shape index (κ3) is 2.64. The molecule has 0 amide bonds. The van der Waals surface area contributed by atoms with Crippen molar-refractivity contribution < 1.29 is 13.2 Å². The van der Waals surface area contributed by atoms with E-state index in [4.69, 9.17) is 10.1 Å². The number of ether oxygens (including phenoxy) is 1. The number of sulfonamides is 1. The maximum Gasteiger partial charge on any atom is 0.263 e. The Labute approximate surface area is 126 Å². The fourth-order valence-corrected chi connectivity index (χ4v) is 4.24. The summed E-state index contributed by atoms with van der Waals surface area (Å²) >= 11 is 0. The lowest BCUT2D eigenvalue weighted by atomic mass is 9.88. The van der Waals surface area contributed by atoms with Gasteiger partial charge in [0.2, 0.25) is 0 Å². The standard InChI is InChI=1S/C15H22N2O3S/c1-9-10(2)14(21(18,19)17-8-16)11(3)12-6-7-15(4,5)20-13(9)12/h8H,6-7H2,1-5H3,(H2,16,17). The van der Waals surface area contributed by atoms with Crippen molar-refractivity contribution in [1.82, 2.24) is 4.72 Å². The highest BCUT2D eigenvalue weighted by atomic mass is 32.2. The van der Waals surface area contributed by atoms with Gasteiger partial charge < -0.3 is 4.74 Å². The van der Waals surface area contributed by atoms with Gasteiger partial charge in [0, 0.05) is 0 Å². The van der Waals surface area contributed by atoms with Crippen LogP contribution in [-0.2, 0) is 16.4 Å². The van der Waals surface area contributed by atoms with E-state index in [1.54, 1.807) is 6.92 Å². The largest absolute Gasteiger partial charge is 0.487 e. The average Bonchev–Trinajstić information content (AvgIpc) is 2.34. The number of benzene rings is 1. The van der Waals surface area contributed by atoms with Crippen LogP contribution in [0.25, 0.3) is 0 Å². The first-order valence-corrected chi connectivity index (χ1v) is 8.42. The summed E-state index contributed by atoms with van der Waals surface area (Å²) in [5.41, 5.74) is 2.98. The summed E-state index contributed by atoms with van der Waals surface area (Å²) in [5.74, 6) is 0.815. The van der Waals surface area contributed by atoms with E-state index in [0.29, 0.717) is 11.9 Å². The van der Waals surface area contributed by atoms with Gasteiger partial charge in [-0.1, -0.05) is 0 Å². The fraction of sp³-hybridized carbons (Fsp3) is 0.533. The first kappa shape index (κ1) is 15.8. The van der Waals surface area contributed by atoms with Crippen molar-refractivity contribution in [3.63, 3.8) is 0 Å². The second kappa shape index (κ2) is 5.02. The second-order valence-electron chi connectivity index (χ2n) is 6.14. The van der Waals surface area contributed by atoms with Gasteiger partial charge in [-0.3, -0.25) is 10.1 Å². The van der Waals surface area contributed by atoms with Crippen molar-refractivity contribution in [2.75, 3.05) is 0 Å². The molecule has 1 aromatic carbocycles. The van der Waals surface area contributed by atoms with E-state index in [9.17, 15) is 8.42 Å². The van der Waals surface area contributed by atoms with E-state index in [1.807, 2.05) is 27.7 Å². The highest BCUT2D eigenvalue weighted by Gasteiger charge is 2.33. The summed E-state index contributed by atoms with van der Waals surface area (Å²) in [4.78, 5) is 0.269. The monoisotopic (exact) mass is 310 g/mol. The molecule has 0 unspecified atom stereocenters. The minimum Gasteiger partial charge on any atom is -0.487 e. The summed E-state index contributed by atoms with van der Waals surface area (Å²) in [6.07, 6.45) is 2.34. The zero-order valence-corrected chi connectivity index (χ0v) is 13.9. The maximum absolute atomic E-state index is 12.3. The van der Waals surface area contributed by atoms with Crippen LogP contribution in [0.2, 0.25) is 0 Å². The topological polar surface area (TPSA) is 79.3 Å². The van der Waals surface area contributed by atoms with Crippen LogP contribution < -0.4 is 9.46 Å². The molecule has 1 heterocycles. The molecule has 5 nitrogen and oxygen atoms in total. The number of rotatable bonds is 3. The Morgan fingerprint density at radius 1 is 1.19 bits per heavy atom. The van der Waals surface area contributed by atoms with Crippen molar-refractivity contribution in [2.24, 2.45) is 0 Å². The van der Waals surface area contributed by atoms with Gasteiger partial charge in [0.1, 0.15) is 11.4 Å². The summed E-state index contributed by atoms with van der Waals surface area (Å²) in [5, 5.41) is 7.00. The smallest absolute Gasteiger partial charge is 0.263 e.